The van der Waals surface area contributed by atoms with Crippen LogP contribution in [0.1, 0.15) is 29.6 Å². The molecular formula is C17H25N3O4S. The first-order valence-electron chi connectivity index (χ1n) is 8.69. The summed E-state index contributed by atoms with van der Waals surface area (Å²) >= 11 is 0. The molecule has 2 N–H and O–H groups in total. The number of carbonyl (C=O) groups excluding carboxylic acids is 1. The first kappa shape index (κ1) is 18.3. The van der Waals surface area contributed by atoms with Crippen molar-refractivity contribution in [2.45, 2.75) is 30.2 Å². The second kappa shape index (κ2) is 7.82. The van der Waals surface area contributed by atoms with Crippen LogP contribution in [0.4, 0.5) is 0 Å². The molecule has 0 spiro atoms. The van der Waals surface area contributed by atoms with Gasteiger partial charge in [0.2, 0.25) is 10.0 Å². The average molecular weight is 367 g/mol. The number of rotatable bonds is 4. The highest BCUT2D eigenvalue weighted by molar-refractivity contribution is 7.89. The molecule has 1 unspecified atom stereocenters. The lowest BCUT2D eigenvalue weighted by molar-refractivity contribution is 0.0166. The van der Waals surface area contributed by atoms with Crippen molar-refractivity contribution in [3.05, 3.63) is 29.8 Å². The predicted molar refractivity (Wildman–Crippen MR) is 93.7 cm³/mol. The van der Waals surface area contributed by atoms with E-state index in [0.29, 0.717) is 5.56 Å². The number of piperidine rings is 1. The van der Waals surface area contributed by atoms with Gasteiger partial charge < -0.3 is 9.64 Å². The van der Waals surface area contributed by atoms with E-state index in [9.17, 15) is 13.2 Å². The molecule has 25 heavy (non-hydrogen) atoms. The van der Waals surface area contributed by atoms with Crippen molar-refractivity contribution in [1.82, 2.24) is 9.80 Å². The van der Waals surface area contributed by atoms with Crippen LogP contribution in [0.15, 0.2) is 29.2 Å². The summed E-state index contributed by atoms with van der Waals surface area (Å²) in [5.41, 5.74) is 0.501. The fraction of sp³-hybridized carbons (Fsp3) is 0.588. The highest BCUT2D eigenvalue weighted by Crippen LogP contribution is 2.21. The second-order valence-corrected chi connectivity index (χ2v) is 8.19. The molecule has 8 heteroatoms. The number of morpholine rings is 1. The van der Waals surface area contributed by atoms with E-state index < -0.39 is 10.0 Å². The van der Waals surface area contributed by atoms with Crippen molar-refractivity contribution in [2.24, 2.45) is 5.14 Å². The molecule has 2 fully saturated rings. The molecule has 138 valence electrons. The minimum absolute atomic E-state index is 0.0209. The topological polar surface area (TPSA) is 92.9 Å². The van der Waals surface area contributed by atoms with Gasteiger partial charge in [-0.15, -0.1) is 0 Å². The van der Waals surface area contributed by atoms with Crippen LogP contribution in [-0.2, 0) is 14.8 Å². The van der Waals surface area contributed by atoms with E-state index >= 15 is 0 Å². The Kier molecular flexibility index (Phi) is 5.73. The molecule has 2 aliphatic heterocycles. The van der Waals surface area contributed by atoms with Crippen LogP contribution in [0.3, 0.4) is 0 Å². The maximum absolute atomic E-state index is 12.9. The van der Waals surface area contributed by atoms with E-state index in [1.54, 1.807) is 12.1 Å². The van der Waals surface area contributed by atoms with Gasteiger partial charge in [-0.3, -0.25) is 9.69 Å². The molecule has 7 nitrogen and oxygen atoms in total. The van der Waals surface area contributed by atoms with Gasteiger partial charge >= 0.3 is 0 Å². The molecule has 1 atom stereocenters. The Bertz CT molecular complexity index is 699. The van der Waals surface area contributed by atoms with Crippen molar-refractivity contribution >= 4 is 15.9 Å². The molecule has 2 heterocycles. The quantitative estimate of drug-likeness (QED) is 0.844. The second-order valence-electron chi connectivity index (χ2n) is 6.63. The molecule has 0 radical (unpaired) electrons. The number of hydrogen-bond acceptors (Lipinski definition) is 5. The number of primary sulfonamides is 1. The Morgan fingerprint density at radius 1 is 1.12 bits per heavy atom. The standard InChI is InChI=1S/C17H25N3O4S/c18-25(22,23)16-6-4-14(5-7-16)17(21)20-8-2-1-3-15(20)13-19-9-11-24-12-10-19/h4-7,15H,1-3,8-13H2,(H2,18,22,23). The number of amides is 1. The summed E-state index contributed by atoms with van der Waals surface area (Å²) in [5, 5.41) is 5.11. The van der Waals surface area contributed by atoms with E-state index in [-0.39, 0.29) is 16.8 Å². The molecule has 1 amide bonds. The van der Waals surface area contributed by atoms with Crippen molar-refractivity contribution < 1.29 is 17.9 Å². The van der Waals surface area contributed by atoms with Gasteiger partial charge in [-0.05, 0) is 43.5 Å². The molecule has 0 aliphatic carbocycles. The van der Waals surface area contributed by atoms with Crippen molar-refractivity contribution in [3.63, 3.8) is 0 Å². The van der Waals surface area contributed by atoms with Gasteiger partial charge in [-0.1, -0.05) is 0 Å². The number of carbonyl (C=O) groups is 1. The zero-order valence-electron chi connectivity index (χ0n) is 14.3. The monoisotopic (exact) mass is 367 g/mol. The number of nitrogens with zero attached hydrogens (tertiary/aromatic N) is 2. The molecule has 0 bridgehead atoms. The third-order valence-corrected chi connectivity index (χ3v) is 5.82. The molecule has 3 rings (SSSR count). The van der Waals surface area contributed by atoms with Crippen LogP contribution in [0.25, 0.3) is 0 Å². The normalized spacial score (nSPS) is 22.8. The molecule has 0 saturated carbocycles. The average Bonchev–Trinajstić information content (AvgIpc) is 2.62. The summed E-state index contributed by atoms with van der Waals surface area (Å²) in [6.07, 6.45) is 3.13. The highest BCUT2D eigenvalue weighted by Gasteiger charge is 2.29. The molecule has 1 aromatic carbocycles. The molecular weight excluding hydrogens is 342 g/mol. The summed E-state index contributed by atoms with van der Waals surface area (Å²) in [6.45, 7) is 4.91. The number of benzene rings is 1. The Balaban J connectivity index is 1.71. The summed E-state index contributed by atoms with van der Waals surface area (Å²) in [7, 11) is -3.74. The first-order valence-corrected chi connectivity index (χ1v) is 10.2. The third kappa shape index (κ3) is 4.58. The van der Waals surface area contributed by atoms with Gasteiger partial charge in [0.05, 0.1) is 18.1 Å². The minimum Gasteiger partial charge on any atom is -0.379 e. The summed E-state index contributed by atoms with van der Waals surface area (Å²) in [4.78, 5) is 17.2. The largest absolute Gasteiger partial charge is 0.379 e. The van der Waals surface area contributed by atoms with Gasteiger partial charge in [-0.25, -0.2) is 13.6 Å². The maximum atomic E-state index is 12.9. The number of hydrogen-bond donors (Lipinski definition) is 1. The lowest BCUT2D eigenvalue weighted by atomic mass is 10.00. The van der Waals surface area contributed by atoms with Crippen LogP contribution in [0.5, 0.6) is 0 Å². The van der Waals surface area contributed by atoms with Crippen LogP contribution in [0, 0.1) is 0 Å². The highest BCUT2D eigenvalue weighted by atomic mass is 32.2. The molecule has 2 aliphatic rings. The van der Waals surface area contributed by atoms with E-state index in [1.165, 1.54) is 12.1 Å². The molecule has 2 saturated heterocycles. The lowest BCUT2D eigenvalue weighted by Gasteiger charge is -2.39. The smallest absolute Gasteiger partial charge is 0.254 e. The van der Waals surface area contributed by atoms with Crippen LogP contribution in [0.2, 0.25) is 0 Å². The molecule has 1 aromatic rings. The van der Waals surface area contributed by atoms with E-state index in [0.717, 1.165) is 58.7 Å². The molecule has 0 aromatic heterocycles. The SMILES string of the molecule is NS(=O)(=O)c1ccc(C(=O)N2CCCCC2CN2CCOCC2)cc1. The van der Waals surface area contributed by atoms with Crippen molar-refractivity contribution in [2.75, 3.05) is 39.4 Å². The third-order valence-electron chi connectivity index (χ3n) is 4.89. The lowest BCUT2D eigenvalue weighted by Crippen LogP contribution is -2.51. The zero-order valence-corrected chi connectivity index (χ0v) is 15.1. The Morgan fingerprint density at radius 2 is 1.80 bits per heavy atom. The fourth-order valence-corrected chi connectivity index (χ4v) is 4.01. The van der Waals surface area contributed by atoms with Crippen molar-refractivity contribution in [1.29, 1.82) is 0 Å². The van der Waals surface area contributed by atoms with E-state index in [2.05, 4.69) is 4.90 Å². The maximum Gasteiger partial charge on any atom is 0.254 e. The minimum atomic E-state index is -3.74. The Morgan fingerprint density at radius 3 is 2.44 bits per heavy atom. The zero-order chi connectivity index (χ0) is 17.9. The Labute approximate surface area is 148 Å². The van der Waals surface area contributed by atoms with E-state index in [1.807, 2.05) is 4.90 Å². The van der Waals surface area contributed by atoms with Gasteiger partial charge in [0, 0.05) is 37.8 Å². The summed E-state index contributed by atoms with van der Waals surface area (Å²) in [6, 6.07) is 6.06. The van der Waals surface area contributed by atoms with Gasteiger partial charge in [0.1, 0.15) is 0 Å². The predicted octanol–water partition coefficient (Wildman–Crippen LogP) is 0.661. The summed E-state index contributed by atoms with van der Waals surface area (Å²) in [5.74, 6) is -0.0427. The number of likely N-dealkylation sites (tertiary alicyclic amines) is 1. The van der Waals surface area contributed by atoms with E-state index in [4.69, 9.17) is 9.88 Å². The van der Waals surface area contributed by atoms with Crippen molar-refractivity contribution in [3.8, 4) is 0 Å². The Hall–Kier alpha value is -1.48. The van der Waals surface area contributed by atoms with Crippen LogP contribution < -0.4 is 5.14 Å². The number of nitrogens with two attached hydrogens (primary N) is 1. The van der Waals surface area contributed by atoms with Gasteiger partial charge in [-0.2, -0.15) is 0 Å². The van der Waals surface area contributed by atoms with Gasteiger partial charge in [0.15, 0.2) is 0 Å². The first-order chi connectivity index (χ1) is 11.9. The van der Waals surface area contributed by atoms with Gasteiger partial charge in [0.25, 0.3) is 5.91 Å². The number of ether oxygens (including phenoxy) is 1. The fourth-order valence-electron chi connectivity index (χ4n) is 3.49. The number of sulfonamides is 1. The summed E-state index contributed by atoms with van der Waals surface area (Å²) < 4.78 is 28.1. The van der Waals surface area contributed by atoms with Crippen LogP contribution >= 0.6 is 0 Å². The van der Waals surface area contributed by atoms with Crippen LogP contribution in [-0.4, -0.2) is 69.6 Å².